The van der Waals surface area contributed by atoms with E-state index in [2.05, 4.69) is 35.7 Å². The fraction of sp³-hybridized carbons (Fsp3) is 0.355. The average molecular weight is 514 g/mol. The first-order chi connectivity index (χ1) is 18.6. The van der Waals surface area contributed by atoms with E-state index in [1.54, 1.807) is 49.5 Å². The topological polar surface area (TPSA) is 83.8 Å². The lowest BCUT2D eigenvalue weighted by molar-refractivity contribution is 0.0980. The summed E-state index contributed by atoms with van der Waals surface area (Å²) < 4.78 is 16.5. The van der Waals surface area contributed by atoms with Gasteiger partial charge < -0.3 is 24.4 Å². The van der Waals surface area contributed by atoms with Gasteiger partial charge in [-0.15, -0.1) is 0 Å². The maximum Gasteiger partial charge on any atom is 0.258 e. The van der Waals surface area contributed by atoms with Crippen LogP contribution in [0.5, 0.6) is 11.5 Å². The van der Waals surface area contributed by atoms with Crippen LogP contribution in [0, 0.1) is 23.2 Å². The van der Waals surface area contributed by atoms with Gasteiger partial charge in [-0.3, -0.25) is 4.79 Å². The molecule has 38 heavy (non-hydrogen) atoms. The van der Waals surface area contributed by atoms with Gasteiger partial charge in [0.15, 0.2) is 11.5 Å². The fourth-order valence-corrected chi connectivity index (χ4v) is 4.90. The Morgan fingerprint density at radius 3 is 2.55 bits per heavy atom. The molecule has 0 spiro atoms. The molecule has 4 rings (SSSR count). The van der Waals surface area contributed by atoms with Crippen LogP contribution >= 0.6 is 0 Å². The Morgan fingerprint density at radius 1 is 0.974 bits per heavy atom. The van der Waals surface area contributed by atoms with Crippen LogP contribution in [0.1, 0.15) is 27.9 Å². The first-order valence-electron chi connectivity index (χ1n) is 13.0. The van der Waals surface area contributed by atoms with Crippen LogP contribution in [0.25, 0.3) is 0 Å². The molecule has 0 radical (unpaired) electrons. The van der Waals surface area contributed by atoms with Gasteiger partial charge in [-0.1, -0.05) is 36.4 Å². The summed E-state index contributed by atoms with van der Waals surface area (Å²) in [6, 6.07) is 25.2. The second-order valence-electron chi connectivity index (χ2n) is 9.51. The Labute approximate surface area is 224 Å². The van der Waals surface area contributed by atoms with Gasteiger partial charge in [-0.2, -0.15) is 5.26 Å². The van der Waals surface area contributed by atoms with Crippen molar-refractivity contribution < 1.29 is 19.0 Å². The number of nitrogens with zero attached hydrogens (tertiary/aromatic N) is 2. The minimum Gasteiger partial charge on any atom is -0.493 e. The summed E-state index contributed by atoms with van der Waals surface area (Å²) in [7, 11) is 3.23. The number of anilines is 1. The standard InChI is InChI=1S/C31H35N3O4/c1-36-14-7-15-38-30-18-25(12-13-29(30)37-2)31(35)34(28-11-6-10-24(17-28)19-32)22-27-21-33-20-26(27)16-23-8-4-3-5-9-23/h3-6,8-13,17-18,26-27,33H,7,14-16,20-22H2,1-2H3. The lowest BCUT2D eigenvalue weighted by Gasteiger charge is -2.29. The van der Waals surface area contributed by atoms with Crippen molar-refractivity contribution in [1.29, 1.82) is 5.26 Å². The Bertz CT molecular complexity index is 1240. The second kappa shape index (κ2) is 13.6. The van der Waals surface area contributed by atoms with Crippen LogP contribution in [-0.4, -0.2) is 53.0 Å². The monoisotopic (exact) mass is 513 g/mol. The highest BCUT2D eigenvalue weighted by molar-refractivity contribution is 6.06. The number of rotatable bonds is 12. The van der Waals surface area contributed by atoms with Crippen LogP contribution in [0.4, 0.5) is 5.69 Å². The third kappa shape index (κ3) is 6.91. The van der Waals surface area contributed by atoms with Gasteiger partial charge in [-0.25, -0.2) is 0 Å². The van der Waals surface area contributed by atoms with Gasteiger partial charge in [0.05, 0.1) is 25.3 Å². The van der Waals surface area contributed by atoms with Crippen molar-refractivity contribution in [2.24, 2.45) is 11.8 Å². The van der Waals surface area contributed by atoms with Crippen molar-refractivity contribution in [3.05, 3.63) is 89.5 Å². The lowest BCUT2D eigenvalue weighted by Crippen LogP contribution is -2.38. The predicted molar refractivity (Wildman–Crippen MR) is 148 cm³/mol. The molecule has 7 nitrogen and oxygen atoms in total. The lowest BCUT2D eigenvalue weighted by atomic mass is 9.89. The normalized spacial score (nSPS) is 16.6. The molecule has 1 fully saturated rings. The van der Waals surface area contributed by atoms with Gasteiger partial charge in [0.2, 0.25) is 0 Å². The SMILES string of the molecule is COCCCOc1cc(C(=O)N(CC2CNCC2Cc2ccccc2)c2cccc(C#N)c2)ccc1OC. The van der Waals surface area contributed by atoms with Gasteiger partial charge in [0.1, 0.15) is 0 Å². The van der Waals surface area contributed by atoms with E-state index >= 15 is 0 Å². The quantitative estimate of drug-likeness (QED) is 0.353. The molecule has 3 aromatic carbocycles. The van der Waals surface area contributed by atoms with Crippen LogP contribution in [0.15, 0.2) is 72.8 Å². The minimum absolute atomic E-state index is 0.144. The number of carbonyl (C=O) groups excluding carboxylic acids is 1. The smallest absolute Gasteiger partial charge is 0.258 e. The zero-order valence-corrected chi connectivity index (χ0v) is 22.1. The molecule has 1 amide bonds. The molecule has 3 aromatic rings. The summed E-state index contributed by atoms with van der Waals surface area (Å²) in [6.45, 7) is 3.31. The highest BCUT2D eigenvalue weighted by atomic mass is 16.5. The number of hydrogen-bond acceptors (Lipinski definition) is 6. The van der Waals surface area contributed by atoms with Crippen molar-refractivity contribution in [2.45, 2.75) is 12.8 Å². The van der Waals surface area contributed by atoms with E-state index in [-0.39, 0.29) is 11.8 Å². The molecule has 0 aromatic heterocycles. The van der Waals surface area contributed by atoms with Crippen LogP contribution in [0.2, 0.25) is 0 Å². The summed E-state index contributed by atoms with van der Waals surface area (Å²) in [6.07, 6.45) is 1.67. The van der Waals surface area contributed by atoms with E-state index in [9.17, 15) is 10.1 Å². The Morgan fingerprint density at radius 2 is 1.79 bits per heavy atom. The Balaban J connectivity index is 1.61. The third-order valence-corrected chi connectivity index (χ3v) is 6.93. The molecule has 0 aliphatic carbocycles. The van der Waals surface area contributed by atoms with Gasteiger partial charge in [0, 0.05) is 37.9 Å². The minimum atomic E-state index is -0.144. The van der Waals surface area contributed by atoms with Crippen LogP contribution < -0.4 is 19.7 Å². The molecule has 1 N–H and O–H groups in total. The Hall–Kier alpha value is -3.86. The molecule has 2 atom stereocenters. The highest BCUT2D eigenvalue weighted by Crippen LogP contribution is 2.31. The first kappa shape index (κ1) is 27.2. The van der Waals surface area contributed by atoms with Gasteiger partial charge in [0.25, 0.3) is 5.91 Å². The summed E-state index contributed by atoms with van der Waals surface area (Å²) in [4.78, 5) is 15.8. The number of nitriles is 1. The zero-order valence-electron chi connectivity index (χ0n) is 22.1. The molecule has 7 heteroatoms. The molecule has 1 heterocycles. The molecular formula is C31H35N3O4. The molecule has 2 unspecified atom stereocenters. The molecule has 0 bridgehead atoms. The molecule has 0 saturated carbocycles. The largest absolute Gasteiger partial charge is 0.493 e. The molecule has 198 valence electrons. The Kier molecular flexibility index (Phi) is 9.74. The summed E-state index contributed by atoms with van der Waals surface area (Å²) in [5.41, 5.74) is 3.02. The van der Waals surface area contributed by atoms with E-state index in [1.165, 1.54) is 5.56 Å². The van der Waals surface area contributed by atoms with Crippen molar-refractivity contribution in [3.8, 4) is 17.6 Å². The van der Waals surface area contributed by atoms with Crippen molar-refractivity contribution in [3.63, 3.8) is 0 Å². The highest BCUT2D eigenvalue weighted by Gasteiger charge is 2.31. The fourth-order valence-electron chi connectivity index (χ4n) is 4.90. The van der Waals surface area contributed by atoms with E-state index in [1.807, 2.05) is 18.2 Å². The van der Waals surface area contributed by atoms with Crippen LogP contribution in [0.3, 0.4) is 0 Å². The summed E-state index contributed by atoms with van der Waals surface area (Å²) >= 11 is 0. The number of nitrogens with one attached hydrogen (secondary N) is 1. The van der Waals surface area contributed by atoms with Gasteiger partial charge in [-0.05, 0) is 73.3 Å². The second-order valence-corrected chi connectivity index (χ2v) is 9.51. The molecular weight excluding hydrogens is 478 g/mol. The maximum absolute atomic E-state index is 14.0. The maximum atomic E-state index is 14.0. The van der Waals surface area contributed by atoms with E-state index in [0.29, 0.717) is 54.0 Å². The van der Waals surface area contributed by atoms with Crippen molar-refractivity contribution >= 4 is 11.6 Å². The van der Waals surface area contributed by atoms with E-state index in [0.717, 1.165) is 25.9 Å². The number of hydrogen-bond donors (Lipinski definition) is 1. The number of amides is 1. The van der Waals surface area contributed by atoms with Crippen molar-refractivity contribution in [2.75, 3.05) is 52.0 Å². The van der Waals surface area contributed by atoms with E-state index in [4.69, 9.17) is 14.2 Å². The molecule has 1 saturated heterocycles. The zero-order chi connectivity index (χ0) is 26.7. The van der Waals surface area contributed by atoms with Crippen LogP contribution in [-0.2, 0) is 11.2 Å². The van der Waals surface area contributed by atoms with Crippen molar-refractivity contribution in [1.82, 2.24) is 5.32 Å². The molecule has 1 aliphatic rings. The number of benzene rings is 3. The molecule has 1 aliphatic heterocycles. The third-order valence-electron chi connectivity index (χ3n) is 6.93. The number of carbonyl (C=O) groups is 1. The summed E-state index contributed by atoms with van der Waals surface area (Å²) in [5, 5.41) is 13.0. The predicted octanol–water partition coefficient (Wildman–Crippen LogP) is 4.71. The number of methoxy groups -OCH3 is 2. The summed E-state index contributed by atoms with van der Waals surface area (Å²) in [5.74, 6) is 1.59. The van der Waals surface area contributed by atoms with Gasteiger partial charge >= 0.3 is 0 Å². The number of ether oxygens (including phenoxy) is 3. The first-order valence-corrected chi connectivity index (χ1v) is 13.0. The van der Waals surface area contributed by atoms with E-state index < -0.39 is 0 Å². The average Bonchev–Trinajstić information content (AvgIpc) is 3.40.